The Morgan fingerprint density at radius 2 is 2.24 bits per heavy atom. The van der Waals surface area contributed by atoms with Gasteiger partial charge in [-0.1, -0.05) is 17.7 Å². The summed E-state index contributed by atoms with van der Waals surface area (Å²) in [5.74, 6) is -0.557. The summed E-state index contributed by atoms with van der Waals surface area (Å²) in [6, 6.07) is 3.21. The smallest absolute Gasteiger partial charge is 0.149 e. The highest BCUT2D eigenvalue weighted by Crippen LogP contribution is 2.45. The number of halogens is 3. The summed E-state index contributed by atoms with van der Waals surface area (Å²) >= 11 is 8.95. The summed E-state index contributed by atoms with van der Waals surface area (Å²) in [5.41, 5.74) is -0.893. The fourth-order valence-electron chi connectivity index (χ4n) is 2.15. The zero-order valence-electron chi connectivity index (χ0n) is 9.34. The number of ether oxygens (including phenoxy) is 1. The predicted octanol–water partition coefficient (Wildman–Crippen LogP) is 3.63. The van der Waals surface area contributed by atoms with Crippen LogP contribution in [0.15, 0.2) is 16.6 Å². The fourth-order valence-corrected chi connectivity index (χ4v) is 2.62. The van der Waals surface area contributed by atoms with E-state index in [0.717, 1.165) is 0 Å². The molecule has 1 aliphatic carbocycles. The highest BCUT2D eigenvalue weighted by molar-refractivity contribution is 9.10. The van der Waals surface area contributed by atoms with Crippen molar-refractivity contribution in [1.29, 1.82) is 0 Å². The first-order valence-electron chi connectivity index (χ1n) is 5.46. The molecule has 2 rings (SSSR count). The molecule has 0 saturated heterocycles. The van der Waals surface area contributed by atoms with Crippen molar-refractivity contribution >= 4 is 27.5 Å². The first-order valence-corrected chi connectivity index (χ1v) is 6.63. The minimum atomic E-state index is -1.14. The third-order valence-corrected chi connectivity index (χ3v) is 4.33. The molecular weight excluding hydrogens is 310 g/mol. The van der Waals surface area contributed by atoms with E-state index in [1.165, 1.54) is 0 Å². The van der Waals surface area contributed by atoms with Crippen molar-refractivity contribution in [1.82, 2.24) is 0 Å². The van der Waals surface area contributed by atoms with Gasteiger partial charge in [0.2, 0.25) is 0 Å². The maximum atomic E-state index is 13.9. The van der Waals surface area contributed by atoms with Gasteiger partial charge < -0.3 is 9.84 Å². The second kappa shape index (κ2) is 4.84. The second-order valence-corrected chi connectivity index (χ2v) is 5.47. The summed E-state index contributed by atoms with van der Waals surface area (Å²) < 4.78 is 19.8. The summed E-state index contributed by atoms with van der Waals surface area (Å²) in [7, 11) is 0. The normalized spacial score (nSPS) is 27.9. The molecule has 1 N–H and O–H groups in total. The van der Waals surface area contributed by atoms with Crippen LogP contribution in [0.1, 0.15) is 25.3 Å². The Kier molecular flexibility index (Phi) is 3.78. The minimum absolute atomic E-state index is 0.00632. The molecule has 1 fully saturated rings. The Morgan fingerprint density at radius 3 is 2.82 bits per heavy atom. The lowest BCUT2D eigenvalue weighted by Gasteiger charge is -2.43. The second-order valence-electron chi connectivity index (χ2n) is 4.24. The van der Waals surface area contributed by atoms with Crippen LogP contribution in [0.2, 0.25) is 5.02 Å². The Labute approximate surface area is 113 Å². The van der Waals surface area contributed by atoms with Crippen LogP contribution in [0.3, 0.4) is 0 Å². The standard InChI is InChI=1S/C12H13BrClFO2/c1-2-17-7-5-12(16,6-7)8-3-4-9(13)10(14)11(8)15/h3-4,7,16H,2,5-6H2,1H3. The zero-order valence-corrected chi connectivity index (χ0v) is 11.7. The van der Waals surface area contributed by atoms with Gasteiger partial charge in [-0.25, -0.2) is 4.39 Å². The zero-order chi connectivity index (χ0) is 12.6. The van der Waals surface area contributed by atoms with Gasteiger partial charge in [0.25, 0.3) is 0 Å². The van der Waals surface area contributed by atoms with Crippen LogP contribution in [-0.4, -0.2) is 17.8 Å². The first kappa shape index (κ1) is 13.3. The van der Waals surface area contributed by atoms with Crippen LogP contribution in [0.5, 0.6) is 0 Å². The average Bonchev–Trinajstić information content (AvgIpc) is 2.24. The summed E-state index contributed by atoms with van der Waals surface area (Å²) in [6.45, 7) is 2.50. The molecule has 0 atom stereocenters. The lowest BCUT2D eigenvalue weighted by Crippen LogP contribution is -2.46. The number of hydrogen-bond acceptors (Lipinski definition) is 2. The Bertz CT molecular complexity index is 433. The van der Waals surface area contributed by atoms with Gasteiger partial charge in [0, 0.05) is 29.5 Å². The van der Waals surface area contributed by atoms with Crippen molar-refractivity contribution < 1.29 is 14.2 Å². The van der Waals surface area contributed by atoms with E-state index in [4.69, 9.17) is 16.3 Å². The van der Waals surface area contributed by atoms with Crippen LogP contribution in [0.25, 0.3) is 0 Å². The molecule has 1 aromatic rings. The number of benzene rings is 1. The molecule has 0 bridgehead atoms. The molecule has 0 aromatic heterocycles. The molecule has 0 radical (unpaired) electrons. The van der Waals surface area contributed by atoms with E-state index in [1.807, 2.05) is 6.92 Å². The van der Waals surface area contributed by atoms with Crippen molar-refractivity contribution in [2.45, 2.75) is 31.5 Å². The third kappa shape index (κ3) is 2.36. The van der Waals surface area contributed by atoms with Gasteiger partial charge >= 0.3 is 0 Å². The first-order chi connectivity index (χ1) is 7.98. The number of hydrogen-bond donors (Lipinski definition) is 1. The van der Waals surface area contributed by atoms with E-state index in [-0.39, 0.29) is 16.7 Å². The molecule has 0 aliphatic heterocycles. The Morgan fingerprint density at radius 1 is 1.59 bits per heavy atom. The van der Waals surface area contributed by atoms with Crippen molar-refractivity contribution in [3.8, 4) is 0 Å². The van der Waals surface area contributed by atoms with Crippen LogP contribution < -0.4 is 0 Å². The Balaban J connectivity index is 2.22. The van der Waals surface area contributed by atoms with Gasteiger partial charge in [-0.15, -0.1) is 0 Å². The molecule has 1 saturated carbocycles. The predicted molar refractivity (Wildman–Crippen MR) is 67.7 cm³/mol. The molecule has 94 valence electrons. The SMILES string of the molecule is CCOC1CC(O)(c2ccc(Br)c(Cl)c2F)C1. The Hall–Kier alpha value is -0.160. The molecule has 1 aromatic carbocycles. The van der Waals surface area contributed by atoms with Gasteiger partial charge in [-0.2, -0.15) is 0 Å². The van der Waals surface area contributed by atoms with Crippen LogP contribution in [0, 0.1) is 5.82 Å². The monoisotopic (exact) mass is 322 g/mol. The molecule has 0 unspecified atom stereocenters. The molecule has 17 heavy (non-hydrogen) atoms. The number of aliphatic hydroxyl groups is 1. The number of rotatable bonds is 3. The van der Waals surface area contributed by atoms with E-state index < -0.39 is 11.4 Å². The highest BCUT2D eigenvalue weighted by atomic mass is 79.9. The lowest BCUT2D eigenvalue weighted by atomic mass is 9.72. The van der Waals surface area contributed by atoms with E-state index in [1.54, 1.807) is 12.1 Å². The van der Waals surface area contributed by atoms with Crippen LogP contribution in [0.4, 0.5) is 4.39 Å². The van der Waals surface area contributed by atoms with E-state index in [2.05, 4.69) is 15.9 Å². The summed E-state index contributed by atoms with van der Waals surface area (Å²) in [5, 5.41) is 10.3. The van der Waals surface area contributed by atoms with Gasteiger partial charge in [0.1, 0.15) is 5.82 Å². The van der Waals surface area contributed by atoms with Gasteiger partial charge in [-0.3, -0.25) is 0 Å². The van der Waals surface area contributed by atoms with E-state index in [0.29, 0.717) is 23.9 Å². The van der Waals surface area contributed by atoms with Gasteiger partial charge in [-0.05, 0) is 28.9 Å². The van der Waals surface area contributed by atoms with Gasteiger partial charge in [0.15, 0.2) is 0 Å². The maximum absolute atomic E-state index is 13.9. The van der Waals surface area contributed by atoms with Crippen LogP contribution >= 0.6 is 27.5 Å². The van der Waals surface area contributed by atoms with Crippen molar-refractivity contribution in [2.24, 2.45) is 0 Å². The fraction of sp³-hybridized carbons (Fsp3) is 0.500. The maximum Gasteiger partial charge on any atom is 0.149 e. The highest BCUT2D eigenvalue weighted by Gasteiger charge is 2.46. The topological polar surface area (TPSA) is 29.5 Å². The minimum Gasteiger partial charge on any atom is -0.385 e. The van der Waals surface area contributed by atoms with Crippen molar-refractivity contribution in [3.63, 3.8) is 0 Å². The largest absolute Gasteiger partial charge is 0.385 e. The average molecular weight is 324 g/mol. The molecule has 1 aliphatic rings. The molecule has 0 heterocycles. The summed E-state index contributed by atoms with van der Waals surface area (Å²) in [6.07, 6.45) is 0.831. The molecule has 5 heteroatoms. The van der Waals surface area contributed by atoms with Gasteiger partial charge in [0.05, 0.1) is 16.7 Å². The van der Waals surface area contributed by atoms with Crippen molar-refractivity contribution in [2.75, 3.05) is 6.61 Å². The van der Waals surface area contributed by atoms with Crippen LogP contribution in [-0.2, 0) is 10.3 Å². The molecule has 2 nitrogen and oxygen atoms in total. The third-order valence-electron chi connectivity index (χ3n) is 3.07. The van der Waals surface area contributed by atoms with E-state index >= 15 is 0 Å². The lowest BCUT2D eigenvalue weighted by molar-refractivity contribution is -0.144. The summed E-state index contributed by atoms with van der Waals surface area (Å²) in [4.78, 5) is 0. The quantitative estimate of drug-likeness (QED) is 0.861. The molecular formula is C12H13BrClFO2. The molecule has 0 spiro atoms. The van der Waals surface area contributed by atoms with Crippen molar-refractivity contribution in [3.05, 3.63) is 33.0 Å². The van der Waals surface area contributed by atoms with E-state index in [9.17, 15) is 9.50 Å². The molecule has 0 amide bonds.